The number of rotatable bonds is 4. The molecule has 0 bridgehead atoms. The first kappa shape index (κ1) is 9.86. The van der Waals surface area contributed by atoms with Crippen molar-refractivity contribution in [3.05, 3.63) is 0 Å². The molecule has 0 radical (unpaired) electrons. The summed E-state index contributed by atoms with van der Waals surface area (Å²) in [5.74, 6) is 0. The van der Waals surface area contributed by atoms with Crippen LogP contribution in [0.2, 0.25) is 0 Å². The average Bonchev–Trinajstić information content (AvgIpc) is 2.04. The molecule has 2 unspecified atom stereocenters. The Morgan fingerprint density at radius 1 is 1.09 bits per heavy atom. The zero-order valence-corrected chi connectivity index (χ0v) is 5.77. The van der Waals surface area contributed by atoms with Crippen LogP contribution in [0, 0.1) is 22.7 Å². The van der Waals surface area contributed by atoms with Gasteiger partial charge in [-0.2, -0.15) is 10.5 Å². The van der Waals surface area contributed by atoms with Gasteiger partial charge in [-0.1, -0.05) is 0 Å². The zero-order valence-electron chi connectivity index (χ0n) is 5.77. The van der Waals surface area contributed by atoms with Crippen molar-refractivity contribution < 1.29 is 14.9 Å². The summed E-state index contributed by atoms with van der Waals surface area (Å²) < 4.78 is 4.59. The molecule has 0 saturated carbocycles. The van der Waals surface area contributed by atoms with E-state index in [2.05, 4.69) is 4.74 Å². The van der Waals surface area contributed by atoms with E-state index in [1.54, 1.807) is 0 Å². The highest BCUT2D eigenvalue weighted by Gasteiger charge is 2.04. The first-order chi connectivity index (χ1) is 5.20. The van der Waals surface area contributed by atoms with E-state index in [1.807, 2.05) is 0 Å². The molecule has 0 heterocycles. The molecule has 0 rings (SSSR count). The molecule has 0 aliphatic carbocycles. The van der Waals surface area contributed by atoms with Crippen LogP contribution in [0.3, 0.4) is 0 Å². The molecule has 2 N–H and O–H groups in total. The first-order valence-corrected chi connectivity index (χ1v) is 2.93. The molecule has 2 atom stereocenters. The number of hydrogen-bond donors (Lipinski definition) is 2. The number of aliphatic hydroxyl groups excluding tert-OH is 2. The third-order valence-electron chi connectivity index (χ3n) is 0.849. The minimum Gasteiger partial charge on any atom is -0.376 e. The highest BCUT2D eigenvalue weighted by Crippen LogP contribution is 1.86. The molecule has 0 aliphatic heterocycles. The Hall–Kier alpha value is -1.14. The second kappa shape index (κ2) is 5.63. The summed E-state index contributed by atoms with van der Waals surface area (Å²) in [6.07, 6.45) is -2.39. The average molecular weight is 156 g/mol. The second-order valence-corrected chi connectivity index (χ2v) is 1.83. The van der Waals surface area contributed by atoms with Crippen LogP contribution in [0.4, 0.5) is 0 Å². The van der Waals surface area contributed by atoms with E-state index in [0.29, 0.717) is 0 Å². The van der Waals surface area contributed by atoms with Crippen molar-refractivity contribution in [2.45, 2.75) is 12.2 Å². The largest absolute Gasteiger partial charge is 0.376 e. The van der Waals surface area contributed by atoms with E-state index in [4.69, 9.17) is 20.7 Å². The van der Waals surface area contributed by atoms with E-state index in [-0.39, 0.29) is 13.2 Å². The maximum Gasteiger partial charge on any atom is 0.163 e. The van der Waals surface area contributed by atoms with E-state index in [1.165, 1.54) is 12.1 Å². The molecule has 0 aliphatic rings. The Balaban J connectivity index is 3.30. The van der Waals surface area contributed by atoms with Crippen molar-refractivity contribution in [3.63, 3.8) is 0 Å². The third kappa shape index (κ3) is 5.31. The van der Waals surface area contributed by atoms with Crippen LogP contribution in [0.15, 0.2) is 0 Å². The van der Waals surface area contributed by atoms with Gasteiger partial charge in [-0.25, -0.2) is 0 Å². The van der Waals surface area contributed by atoms with Gasteiger partial charge in [0.2, 0.25) is 0 Å². The van der Waals surface area contributed by atoms with Crippen molar-refractivity contribution in [2.24, 2.45) is 0 Å². The normalized spacial score (nSPS) is 14.5. The van der Waals surface area contributed by atoms with Crippen molar-refractivity contribution in [2.75, 3.05) is 13.2 Å². The Morgan fingerprint density at radius 3 is 1.73 bits per heavy atom. The van der Waals surface area contributed by atoms with Gasteiger partial charge in [0.1, 0.15) is 0 Å². The predicted octanol–water partition coefficient (Wildman–Crippen LogP) is -1.23. The molecule has 5 nitrogen and oxygen atoms in total. The molecule has 0 aromatic carbocycles. The highest BCUT2D eigenvalue weighted by atomic mass is 16.5. The number of nitrogens with zero attached hydrogens (tertiary/aromatic N) is 2. The van der Waals surface area contributed by atoms with Gasteiger partial charge in [-0.05, 0) is 0 Å². The second-order valence-electron chi connectivity index (χ2n) is 1.83. The molecule has 0 aromatic heterocycles. The van der Waals surface area contributed by atoms with Crippen molar-refractivity contribution >= 4 is 0 Å². The van der Waals surface area contributed by atoms with Gasteiger partial charge in [0.05, 0.1) is 25.4 Å². The molecule has 11 heavy (non-hydrogen) atoms. The molecule has 0 fully saturated rings. The molecule has 0 aromatic rings. The van der Waals surface area contributed by atoms with Crippen LogP contribution < -0.4 is 0 Å². The summed E-state index contributed by atoms with van der Waals surface area (Å²) in [4.78, 5) is 0. The van der Waals surface area contributed by atoms with Gasteiger partial charge in [0.15, 0.2) is 12.2 Å². The van der Waals surface area contributed by atoms with Gasteiger partial charge in [-0.3, -0.25) is 0 Å². The monoisotopic (exact) mass is 156 g/mol. The van der Waals surface area contributed by atoms with Gasteiger partial charge in [-0.15, -0.1) is 0 Å². The minimum absolute atomic E-state index is 0.185. The Bertz CT molecular complexity index is 161. The fourth-order valence-corrected chi connectivity index (χ4v) is 0.366. The lowest BCUT2D eigenvalue weighted by Crippen LogP contribution is -2.19. The topological polar surface area (TPSA) is 97.3 Å². The Morgan fingerprint density at radius 2 is 1.45 bits per heavy atom. The van der Waals surface area contributed by atoms with E-state index in [9.17, 15) is 0 Å². The van der Waals surface area contributed by atoms with Gasteiger partial charge < -0.3 is 14.9 Å². The highest BCUT2D eigenvalue weighted by molar-refractivity contribution is 4.83. The molecular formula is C6H8N2O3. The van der Waals surface area contributed by atoms with Crippen LogP contribution in [0.25, 0.3) is 0 Å². The lowest BCUT2D eigenvalue weighted by molar-refractivity contribution is 0.0246. The maximum atomic E-state index is 8.59. The minimum atomic E-state index is -1.19. The van der Waals surface area contributed by atoms with Crippen LogP contribution >= 0.6 is 0 Å². The lowest BCUT2D eigenvalue weighted by atomic mass is 10.4. The van der Waals surface area contributed by atoms with E-state index in [0.717, 1.165) is 0 Å². The predicted molar refractivity (Wildman–Crippen MR) is 34.1 cm³/mol. The summed E-state index contributed by atoms with van der Waals surface area (Å²) in [6, 6.07) is 3.05. The molecule has 60 valence electrons. The summed E-state index contributed by atoms with van der Waals surface area (Å²) >= 11 is 0. The lowest BCUT2D eigenvalue weighted by Gasteiger charge is -2.04. The van der Waals surface area contributed by atoms with Gasteiger partial charge in [0, 0.05) is 0 Å². The fraction of sp³-hybridized carbons (Fsp3) is 0.667. The maximum absolute atomic E-state index is 8.59. The van der Waals surface area contributed by atoms with Crippen molar-refractivity contribution in [1.82, 2.24) is 0 Å². The number of ether oxygens (including phenoxy) is 1. The Kier molecular flexibility index (Phi) is 5.05. The zero-order chi connectivity index (χ0) is 8.69. The fourth-order valence-electron chi connectivity index (χ4n) is 0.366. The standard InChI is InChI=1S/C6H8N2O3/c7-1-5(9)3-11-4-6(10)2-8/h5-6,9-10H,3-4H2. The summed E-state index contributed by atoms with van der Waals surface area (Å²) in [6.45, 7) is -0.371. The third-order valence-corrected chi connectivity index (χ3v) is 0.849. The van der Waals surface area contributed by atoms with E-state index >= 15 is 0 Å². The molecule has 0 saturated heterocycles. The molecule has 0 amide bonds. The van der Waals surface area contributed by atoms with Gasteiger partial charge in [0.25, 0.3) is 0 Å². The SMILES string of the molecule is N#CC(O)COCC(O)C#N. The number of hydrogen-bond acceptors (Lipinski definition) is 5. The molecule has 5 heteroatoms. The quantitative estimate of drug-likeness (QED) is 0.497. The van der Waals surface area contributed by atoms with Crippen molar-refractivity contribution in [3.8, 4) is 12.1 Å². The summed E-state index contributed by atoms with van der Waals surface area (Å²) in [5.41, 5.74) is 0. The smallest absolute Gasteiger partial charge is 0.163 e. The number of aliphatic hydroxyl groups is 2. The van der Waals surface area contributed by atoms with Crippen LogP contribution in [0.5, 0.6) is 0 Å². The first-order valence-electron chi connectivity index (χ1n) is 2.93. The van der Waals surface area contributed by atoms with Gasteiger partial charge >= 0.3 is 0 Å². The molecule has 0 spiro atoms. The summed E-state index contributed by atoms with van der Waals surface area (Å²) in [5, 5.41) is 33.3. The van der Waals surface area contributed by atoms with Crippen LogP contribution in [-0.4, -0.2) is 35.6 Å². The van der Waals surface area contributed by atoms with Crippen LogP contribution in [-0.2, 0) is 4.74 Å². The van der Waals surface area contributed by atoms with Crippen molar-refractivity contribution in [1.29, 1.82) is 10.5 Å². The van der Waals surface area contributed by atoms with E-state index < -0.39 is 12.2 Å². The number of nitriles is 2. The summed E-state index contributed by atoms with van der Waals surface area (Å²) in [7, 11) is 0. The molecular weight excluding hydrogens is 148 g/mol. The Labute approximate surface area is 64.1 Å². The van der Waals surface area contributed by atoms with Crippen LogP contribution in [0.1, 0.15) is 0 Å².